The summed E-state index contributed by atoms with van der Waals surface area (Å²) < 4.78 is 10.4. The molecule has 2 rings (SSSR count). The van der Waals surface area contributed by atoms with E-state index in [-0.39, 0.29) is 11.3 Å². The Balaban J connectivity index is 2.17. The number of methoxy groups -OCH3 is 1. The Morgan fingerprint density at radius 1 is 1.25 bits per heavy atom. The first-order valence-corrected chi connectivity index (χ1v) is 7.88. The summed E-state index contributed by atoms with van der Waals surface area (Å²) in [6, 6.07) is 7.33. The minimum Gasteiger partial charge on any atom is -0.380 e. The summed E-state index contributed by atoms with van der Waals surface area (Å²) in [6.45, 7) is 10.2. The number of ether oxygens (including phenoxy) is 1. The number of hydrogen-bond acceptors (Lipinski definition) is 5. The fraction of sp³-hybridized carbons (Fsp3) is 0.500. The largest absolute Gasteiger partial charge is 0.380 e. The van der Waals surface area contributed by atoms with Gasteiger partial charge in [-0.1, -0.05) is 38.1 Å². The zero-order valence-corrected chi connectivity index (χ0v) is 15.1. The number of carbonyl (C=O) groups is 1. The second-order valence-electron chi connectivity index (χ2n) is 7.39. The van der Waals surface area contributed by atoms with Gasteiger partial charge in [0.15, 0.2) is 5.82 Å². The standard InChI is InChI=1S/C18H25N3O3/c1-17(2,3)16-19-15(21-24-16)18(4,5)20-14(22)13-9-7-8-12(10-13)11-23-6/h7-10H,11H2,1-6H3,(H,20,22). The van der Waals surface area contributed by atoms with Gasteiger partial charge in [-0.2, -0.15) is 4.98 Å². The van der Waals surface area contributed by atoms with Crippen molar-refractivity contribution in [2.24, 2.45) is 0 Å². The third-order valence-corrected chi connectivity index (χ3v) is 3.55. The van der Waals surface area contributed by atoms with Crippen LogP contribution in [0.4, 0.5) is 0 Å². The second kappa shape index (κ2) is 6.73. The molecule has 6 heteroatoms. The number of aromatic nitrogens is 2. The third-order valence-electron chi connectivity index (χ3n) is 3.55. The van der Waals surface area contributed by atoms with Crippen LogP contribution in [-0.2, 0) is 22.3 Å². The van der Waals surface area contributed by atoms with Gasteiger partial charge < -0.3 is 14.6 Å². The molecular weight excluding hydrogens is 306 g/mol. The Bertz CT molecular complexity index is 714. The van der Waals surface area contributed by atoms with Crippen LogP contribution in [0, 0.1) is 0 Å². The summed E-state index contributed by atoms with van der Waals surface area (Å²) in [4.78, 5) is 17.0. The molecule has 1 amide bonds. The molecule has 0 saturated heterocycles. The summed E-state index contributed by atoms with van der Waals surface area (Å²) in [5.41, 5.74) is 0.524. The lowest BCUT2D eigenvalue weighted by molar-refractivity contribution is 0.0907. The number of benzene rings is 1. The van der Waals surface area contributed by atoms with Crippen molar-refractivity contribution >= 4 is 5.91 Å². The van der Waals surface area contributed by atoms with E-state index >= 15 is 0 Å². The Morgan fingerprint density at radius 3 is 2.54 bits per heavy atom. The highest BCUT2D eigenvalue weighted by Crippen LogP contribution is 2.24. The fourth-order valence-electron chi connectivity index (χ4n) is 2.16. The zero-order chi connectivity index (χ0) is 18.0. The molecule has 0 aliphatic heterocycles. The molecule has 6 nitrogen and oxygen atoms in total. The molecule has 0 fully saturated rings. The van der Waals surface area contributed by atoms with Crippen molar-refractivity contribution in [3.05, 3.63) is 47.1 Å². The molecule has 0 radical (unpaired) electrons. The van der Waals surface area contributed by atoms with Crippen LogP contribution in [0.3, 0.4) is 0 Å². The number of carbonyl (C=O) groups excluding carboxylic acids is 1. The van der Waals surface area contributed by atoms with E-state index in [1.807, 2.05) is 52.8 Å². The zero-order valence-electron chi connectivity index (χ0n) is 15.1. The van der Waals surface area contributed by atoms with Gasteiger partial charge in [0.1, 0.15) is 0 Å². The SMILES string of the molecule is COCc1cccc(C(=O)NC(C)(C)c2noc(C(C)(C)C)n2)c1. The van der Waals surface area contributed by atoms with Crippen molar-refractivity contribution in [1.82, 2.24) is 15.5 Å². The van der Waals surface area contributed by atoms with Crippen LogP contribution in [0.1, 0.15) is 62.3 Å². The van der Waals surface area contributed by atoms with Gasteiger partial charge in [0.2, 0.25) is 5.89 Å². The average molecular weight is 331 g/mol. The summed E-state index contributed by atoms with van der Waals surface area (Å²) in [5, 5.41) is 6.99. The molecule has 0 bridgehead atoms. The van der Waals surface area contributed by atoms with Crippen molar-refractivity contribution in [2.45, 2.75) is 52.2 Å². The van der Waals surface area contributed by atoms with Crippen LogP contribution < -0.4 is 5.32 Å². The van der Waals surface area contributed by atoms with Gasteiger partial charge >= 0.3 is 0 Å². The Morgan fingerprint density at radius 2 is 1.96 bits per heavy atom. The van der Waals surface area contributed by atoms with Gasteiger partial charge in [-0.05, 0) is 31.5 Å². The molecule has 24 heavy (non-hydrogen) atoms. The lowest BCUT2D eigenvalue weighted by Crippen LogP contribution is -2.42. The van der Waals surface area contributed by atoms with Gasteiger partial charge in [-0.15, -0.1) is 0 Å². The summed E-state index contributed by atoms with van der Waals surface area (Å²) >= 11 is 0. The number of amides is 1. The first-order valence-electron chi connectivity index (χ1n) is 7.88. The van der Waals surface area contributed by atoms with E-state index in [0.717, 1.165) is 5.56 Å². The van der Waals surface area contributed by atoms with E-state index in [9.17, 15) is 4.79 Å². The van der Waals surface area contributed by atoms with Crippen LogP contribution in [0.5, 0.6) is 0 Å². The average Bonchev–Trinajstić information content (AvgIpc) is 2.98. The van der Waals surface area contributed by atoms with Crippen LogP contribution in [-0.4, -0.2) is 23.2 Å². The van der Waals surface area contributed by atoms with E-state index in [1.165, 1.54) is 0 Å². The predicted molar refractivity (Wildman–Crippen MR) is 90.6 cm³/mol. The lowest BCUT2D eigenvalue weighted by Gasteiger charge is -2.22. The molecule has 0 spiro atoms. The van der Waals surface area contributed by atoms with Crippen molar-refractivity contribution in [2.75, 3.05) is 7.11 Å². The van der Waals surface area contributed by atoms with Gasteiger partial charge in [-0.25, -0.2) is 0 Å². The highest BCUT2D eigenvalue weighted by atomic mass is 16.5. The third kappa shape index (κ3) is 4.20. The Labute approximate surface area is 142 Å². The molecule has 2 aromatic rings. The molecule has 0 saturated carbocycles. The van der Waals surface area contributed by atoms with E-state index in [2.05, 4.69) is 15.5 Å². The smallest absolute Gasteiger partial charge is 0.252 e. The lowest BCUT2D eigenvalue weighted by atomic mass is 9.96. The maximum absolute atomic E-state index is 12.6. The van der Waals surface area contributed by atoms with Gasteiger partial charge in [0, 0.05) is 18.1 Å². The van der Waals surface area contributed by atoms with Crippen LogP contribution in [0.2, 0.25) is 0 Å². The highest BCUT2D eigenvalue weighted by Gasteiger charge is 2.31. The summed E-state index contributed by atoms with van der Waals surface area (Å²) in [6.07, 6.45) is 0. The molecule has 1 aromatic carbocycles. The first kappa shape index (κ1) is 18.1. The molecular formula is C18H25N3O3. The number of hydrogen-bond donors (Lipinski definition) is 1. The Hall–Kier alpha value is -2.21. The monoisotopic (exact) mass is 331 g/mol. The molecule has 130 valence electrons. The molecule has 0 atom stereocenters. The molecule has 0 aliphatic carbocycles. The Kier molecular flexibility index (Phi) is 5.08. The maximum Gasteiger partial charge on any atom is 0.252 e. The van der Waals surface area contributed by atoms with E-state index in [4.69, 9.17) is 9.26 Å². The van der Waals surface area contributed by atoms with E-state index in [0.29, 0.717) is 23.9 Å². The molecule has 0 aliphatic rings. The topological polar surface area (TPSA) is 77.2 Å². The summed E-state index contributed by atoms with van der Waals surface area (Å²) in [5.74, 6) is 0.802. The minimum atomic E-state index is -0.749. The maximum atomic E-state index is 12.6. The molecule has 1 heterocycles. The quantitative estimate of drug-likeness (QED) is 0.910. The van der Waals surface area contributed by atoms with E-state index in [1.54, 1.807) is 13.2 Å². The van der Waals surface area contributed by atoms with Crippen molar-refractivity contribution in [3.63, 3.8) is 0 Å². The van der Waals surface area contributed by atoms with Crippen LogP contribution >= 0.6 is 0 Å². The second-order valence-corrected chi connectivity index (χ2v) is 7.39. The number of nitrogens with one attached hydrogen (secondary N) is 1. The van der Waals surface area contributed by atoms with Gasteiger partial charge in [-0.3, -0.25) is 4.79 Å². The van der Waals surface area contributed by atoms with Crippen molar-refractivity contribution in [1.29, 1.82) is 0 Å². The molecule has 1 N–H and O–H groups in total. The normalized spacial score (nSPS) is 12.2. The van der Waals surface area contributed by atoms with Gasteiger partial charge in [0.25, 0.3) is 5.91 Å². The number of nitrogens with zero attached hydrogens (tertiary/aromatic N) is 2. The summed E-state index contributed by atoms with van der Waals surface area (Å²) in [7, 11) is 1.62. The highest BCUT2D eigenvalue weighted by molar-refractivity contribution is 5.94. The molecule has 0 unspecified atom stereocenters. The molecule has 1 aromatic heterocycles. The van der Waals surface area contributed by atoms with Crippen molar-refractivity contribution < 1.29 is 14.1 Å². The first-order chi connectivity index (χ1) is 11.1. The van der Waals surface area contributed by atoms with Crippen molar-refractivity contribution in [3.8, 4) is 0 Å². The van der Waals surface area contributed by atoms with Gasteiger partial charge in [0.05, 0.1) is 12.1 Å². The fourth-order valence-corrected chi connectivity index (χ4v) is 2.16. The van der Waals surface area contributed by atoms with Crippen LogP contribution in [0.15, 0.2) is 28.8 Å². The number of rotatable bonds is 5. The van der Waals surface area contributed by atoms with Crippen LogP contribution in [0.25, 0.3) is 0 Å². The minimum absolute atomic E-state index is 0.194. The predicted octanol–water partition coefficient (Wildman–Crippen LogP) is 3.18. The van der Waals surface area contributed by atoms with E-state index < -0.39 is 5.54 Å².